The molecule has 3 aromatic rings. The lowest BCUT2D eigenvalue weighted by Crippen LogP contribution is -2.41. The molecule has 0 aliphatic rings. The zero-order valence-corrected chi connectivity index (χ0v) is 18.4. The van der Waals surface area contributed by atoms with Gasteiger partial charge in [-0.3, -0.25) is 4.79 Å². The Labute approximate surface area is 177 Å². The Morgan fingerprint density at radius 2 is 2.00 bits per heavy atom. The van der Waals surface area contributed by atoms with Crippen LogP contribution >= 0.6 is 0 Å². The minimum Gasteiger partial charge on any atom is -0.392 e. The number of nitrogens with one attached hydrogen (secondary N) is 2. The number of nitrogens with zero attached hydrogens (tertiary/aromatic N) is 2. The Morgan fingerprint density at radius 1 is 1.23 bits per heavy atom. The molecule has 0 bridgehead atoms. The van der Waals surface area contributed by atoms with Crippen LogP contribution < -0.4 is 10.9 Å². The molecule has 7 heteroatoms. The van der Waals surface area contributed by atoms with Gasteiger partial charge >= 0.3 is 0 Å². The van der Waals surface area contributed by atoms with Crippen molar-refractivity contribution < 1.29 is 9.84 Å². The van der Waals surface area contributed by atoms with Gasteiger partial charge < -0.3 is 24.7 Å². The topological polar surface area (TPSA) is 92.2 Å². The first kappa shape index (κ1) is 22.2. The highest BCUT2D eigenvalue weighted by atomic mass is 16.5. The summed E-state index contributed by atoms with van der Waals surface area (Å²) in [6, 6.07) is 7.88. The normalized spacial score (nSPS) is 13.8. The van der Waals surface area contributed by atoms with E-state index in [0.29, 0.717) is 31.2 Å². The maximum absolute atomic E-state index is 11.7. The van der Waals surface area contributed by atoms with Crippen molar-refractivity contribution in [2.75, 3.05) is 13.2 Å². The number of aryl methyl sites for hydroxylation is 2. The monoisotopic (exact) mass is 412 g/mol. The second-order valence-electron chi connectivity index (χ2n) is 8.38. The molecule has 0 spiro atoms. The summed E-state index contributed by atoms with van der Waals surface area (Å²) in [4.78, 5) is 19.2. The van der Waals surface area contributed by atoms with Crippen LogP contribution in [0.2, 0.25) is 0 Å². The van der Waals surface area contributed by atoms with Gasteiger partial charge in [0.25, 0.3) is 5.56 Å². The van der Waals surface area contributed by atoms with Crippen molar-refractivity contribution in [3.8, 4) is 11.4 Å². The van der Waals surface area contributed by atoms with Crippen molar-refractivity contribution in [2.45, 2.75) is 46.4 Å². The Kier molecular flexibility index (Phi) is 7.07. The number of aromatic nitrogens is 3. The van der Waals surface area contributed by atoms with Gasteiger partial charge in [0.05, 0.1) is 29.8 Å². The van der Waals surface area contributed by atoms with Crippen LogP contribution in [0.1, 0.15) is 31.9 Å². The fourth-order valence-corrected chi connectivity index (χ4v) is 3.39. The van der Waals surface area contributed by atoms with Gasteiger partial charge in [-0.2, -0.15) is 0 Å². The van der Waals surface area contributed by atoms with E-state index < -0.39 is 6.10 Å². The van der Waals surface area contributed by atoms with Crippen molar-refractivity contribution in [3.63, 3.8) is 0 Å². The molecule has 0 radical (unpaired) electrons. The van der Waals surface area contributed by atoms with E-state index in [9.17, 15) is 9.90 Å². The lowest BCUT2D eigenvalue weighted by Gasteiger charge is -2.22. The van der Waals surface area contributed by atoms with Crippen molar-refractivity contribution in [1.82, 2.24) is 19.9 Å². The minimum atomic E-state index is -0.508. The van der Waals surface area contributed by atoms with E-state index in [0.717, 1.165) is 28.0 Å². The Morgan fingerprint density at radius 3 is 2.67 bits per heavy atom. The second kappa shape index (κ2) is 9.55. The van der Waals surface area contributed by atoms with E-state index >= 15 is 0 Å². The fraction of sp³-hybridized carbons (Fsp3) is 0.478. The molecule has 0 aliphatic carbocycles. The first-order valence-corrected chi connectivity index (χ1v) is 10.4. The number of rotatable bonds is 9. The van der Waals surface area contributed by atoms with E-state index in [4.69, 9.17) is 9.72 Å². The molecular formula is C23H32N4O3. The maximum Gasteiger partial charge on any atom is 0.250 e. The molecule has 0 saturated carbocycles. The molecule has 2 atom stereocenters. The first-order valence-electron chi connectivity index (χ1n) is 10.4. The van der Waals surface area contributed by atoms with Crippen LogP contribution in [0.3, 0.4) is 0 Å². The zero-order chi connectivity index (χ0) is 21.8. The molecule has 2 aromatic heterocycles. The lowest BCUT2D eigenvalue weighted by molar-refractivity contribution is 0.0444. The second-order valence-corrected chi connectivity index (χ2v) is 8.38. The molecule has 2 heterocycles. The molecule has 3 rings (SSSR count). The molecule has 0 saturated heterocycles. The van der Waals surface area contributed by atoms with Gasteiger partial charge in [0.1, 0.15) is 5.82 Å². The van der Waals surface area contributed by atoms with Crippen LogP contribution in [0.25, 0.3) is 22.4 Å². The number of aliphatic hydroxyl groups excluding tert-OH is 1. The fourth-order valence-electron chi connectivity index (χ4n) is 3.39. The zero-order valence-electron chi connectivity index (χ0n) is 18.4. The third kappa shape index (κ3) is 5.16. The van der Waals surface area contributed by atoms with Crippen LogP contribution in [-0.4, -0.2) is 45.0 Å². The van der Waals surface area contributed by atoms with Crippen LogP contribution in [-0.2, 0) is 18.3 Å². The van der Waals surface area contributed by atoms with E-state index in [1.165, 1.54) is 0 Å². The van der Waals surface area contributed by atoms with Crippen LogP contribution in [0, 0.1) is 12.8 Å². The Bertz CT molecular complexity index is 1050. The molecule has 162 valence electrons. The minimum absolute atomic E-state index is 0.0871. The SMILES string of the molecule is Cc1cc(-c2nc3cc(CNC(COCC(C)C)[C@@H](C)O)ccc3n2C)c[nH]c1=O. The standard InChI is InChI=1S/C23H32N4O3/c1-14(2)12-30-13-20(16(4)28)24-10-17-6-7-21-19(9-17)26-22(27(21)5)18-8-15(3)23(29)25-11-18/h6-9,11,14,16,20,24,28H,10,12-13H2,1-5H3,(H,25,29)/t16-,20?/m1/s1. The lowest BCUT2D eigenvalue weighted by atomic mass is 10.1. The number of benzene rings is 1. The predicted octanol–water partition coefficient (Wildman–Crippen LogP) is 2.75. The number of ether oxygens (including phenoxy) is 1. The van der Waals surface area contributed by atoms with Crippen molar-refractivity contribution in [1.29, 1.82) is 0 Å². The smallest absolute Gasteiger partial charge is 0.250 e. The molecule has 1 unspecified atom stereocenters. The number of hydrogen-bond acceptors (Lipinski definition) is 5. The van der Waals surface area contributed by atoms with E-state index in [1.54, 1.807) is 20.0 Å². The van der Waals surface area contributed by atoms with Gasteiger partial charge in [-0.1, -0.05) is 19.9 Å². The molecule has 7 nitrogen and oxygen atoms in total. The van der Waals surface area contributed by atoms with Crippen LogP contribution in [0.5, 0.6) is 0 Å². The summed E-state index contributed by atoms with van der Waals surface area (Å²) in [6.45, 7) is 9.54. The van der Waals surface area contributed by atoms with Crippen molar-refractivity contribution in [2.24, 2.45) is 13.0 Å². The number of H-pyrrole nitrogens is 1. The van der Waals surface area contributed by atoms with Crippen LogP contribution in [0.15, 0.2) is 35.3 Å². The quantitative estimate of drug-likeness (QED) is 0.503. The summed E-state index contributed by atoms with van der Waals surface area (Å²) >= 11 is 0. The summed E-state index contributed by atoms with van der Waals surface area (Å²) in [7, 11) is 1.97. The summed E-state index contributed by atoms with van der Waals surface area (Å²) in [6.07, 6.45) is 1.19. The largest absolute Gasteiger partial charge is 0.392 e. The molecule has 0 amide bonds. The predicted molar refractivity (Wildman–Crippen MR) is 119 cm³/mol. The molecule has 0 fully saturated rings. The molecule has 0 aliphatic heterocycles. The van der Waals surface area contributed by atoms with Crippen molar-refractivity contribution >= 4 is 11.0 Å². The van der Waals surface area contributed by atoms with Crippen molar-refractivity contribution in [3.05, 3.63) is 51.9 Å². The molecule has 30 heavy (non-hydrogen) atoms. The van der Waals surface area contributed by atoms with Gasteiger partial charge in [-0.15, -0.1) is 0 Å². The highest BCUT2D eigenvalue weighted by Crippen LogP contribution is 2.24. The van der Waals surface area contributed by atoms with Gasteiger partial charge in [-0.25, -0.2) is 4.98 Å². The van der Waals surface area contributed by atoms with Gasteiger partial charge in [-0.05, 0) is 43.5 Å². The molecule has 3 N–H and O–H groups in total. The van der Waals surface area contributed by atoms with Gasteiger partial charge in [0.15, 0.2) is 0 Å². The number of hydrogen-bond donors (Lipinski definition) is 3. The number of aromatic amines is 1. The molecular weight excluding hydrogens is 380 g/mol. The number of fused-ring (bicyclic) bond motifs is 1. The number of pyridine rings is 1. The molecule has 1 aromatic carbocycles. The first-order chi connectivity index (χ1) is 14.3. The average molecular weight is 413 g/mol. The van der Waals surface area contributed by atoms with Gasteiger partial charge in [0.2, 0.25) is 0 Å². The summed E-state index contributed by atoms with van der Waals surface area (Å²) < 4.78 is 7.73. The third-order valence-electron chi connectivity index (χ3n) is 5.19. The van der Waals surface area contributed by atoms with Gasteiger partial charge in [0, 0.05) is 37.5 Å². The average Bonchev–Trinajstić information content (AvgIpc) is 3.02. The Balaban J connectivity index is 1.76. The van der Waals surface area contributed by atoms with Crippen LogP contribution in [0.4, 0.5) is 0 Å². The highest BCUT2D eigenvalue weighted by molar-refractivity contribution is 5.81. The summed E-state index contributed by atoms with van der Waals surface area (Å²) in [5, 5.41) is 13.4. The number of aliphatic hydroxyl groups is 1. The number of imidazole rings is 1. The maximum atomic E-state index is 11.7. The van der Waals surface area contributed by atoms with E-state index in [-0.39, 0.29) is 11.6 Å². The summed E-state index contributed by atoms with van der Waals surface area (Å²) in [5.41, 5.74) is 4.44. The van der Waals surface area contributed by atoms with E-state index in [1.807, 2.05) is 23.7 Å². The Hall–Kier alpha value is -2.48. The highest BCUT2D eigenvalue weighted by Gasteiger charge is 2.16. The third-order valence-corrected chi connectivity index (χ3v) is 5.19. The van der Waals surface area contributed by atoms with E-state index in [2.05, 4.69) is 36.3 Å². The summed E-state index contributed by atoms with van der Waals surface area (Å²) in [5.74, 6) is 1.27.